The minimum atomic E-state index is -4.34. The van der Waals surface area contributed by atoms with Crippen LogP contribution in [0.5, 0.6) is 17.2 Å². The third-order valence-electron chi connectivity index (χ3n) is 5.26. The molecule has 6 nitrogen and oxygen atoms in total. The first kappa shape index (κ1) is 22.7. The maximum atomic E-state index is 13.0. The lowest BCUT2D eigenvalue weighted by Crippen LogP contribution is -2.48. The van der Waals surface area contributed by atoms with Crippen molar-refractivity contribution in [2.24, 2.45) is 0 Å². The molecule has 2 aromatic rings. The molecule has 31 heavy (non-hydrogen) atoms. The van der Waals surface area contributed by atoms with E-state index in [4.69, 9.17) is 14.2 Å². The van der Waals surface area contributed by atoms with Crippen LogP contribution in [0.2, 0.25) is 0 Å². The lowest BCUT2D eigenvalue weighted by molar-refractivity contribution is -0.137. The van der Waals surface area contributed by atoms with Crippen molar-refractivity contribution in [1.29, 1.82) is 0 Å². The highest BCUT2D eigenvalue weighted by Crippen LogP contribution is 2.38. The number of rotatable bonds is 6. The molecule has 0 spiro atoms. The highest BCUT2D eigenvalue weighted by Gasteiger charge is 2.30. The smallest absolute Gasteiger partial charge is 0.416 e. The molecule has 0 atom stereocenters. The fourth-order valence-corrected chi connectivity index (χ4v) is 3.55. The van der Waals surface area contributed by atoms with E-state index in [0.717, 1.165) is 17.7 Å². The van der Waals surface area contributed by atoms with Gasteiger partial charge in [0.15, 0.2) is 11.5 Å². The van der Waals surface area contributed by atoms with E-state index in [9.17, 15) is 18.0 Å². The summed E-state index contributed by atoms with van der Waals surface area (Å²) in [5.74, 6) is 1.09. The average Bonchev–Trinajstić information content (AvgIpc) is 2.77. The van der Waals surface area contributed by atoms with Crippen LogP contribution in [0.15, 0.2) is 36.4 Å². The van der Waals surface area contributed by atoms with E-state index in [1.54, 1.807) is 17.0 Å². The molecule has 2 aromatic carbocycles. The molecule has 0 N–H and O–H groups in total. The number of piperazine rings is 1. The van der Waals surface area contributed by atoms with Crippen LogP contribution in [0.3, 0.4) is 0 Å². The SMILES string of the molecule is COc1cc(C(=O)N2CCN(Cc3ccc(C(F)(F)F)cc3)CC2)cc(OC)c1OC. The van der Waals surface area contributed by atoms with Gasteiger partial charge in [-0.3, -0.25) is 9.69 Å². The van der Waals surface area contributed by atoms with E-state index >= 15 is 0 Å². The van der Waals surface area contributed by atoms with Gasteiger partial charge in [-0.05, 0) is 29.8 Å². The van der Waals surface area contributed by atoms with Crippen molar-refractivity contribution in [3.8, 4) is 17.2 Å². The molecule has 1 aliphatic rings. The summed E-state index contributed by atoms with van der Waals surface area (Å²) in [6, 6.07) is 8.43. The van der Waals surface area contributed by atoms with E-state index in [-0.39, 0.29) is 5.91 Å². The van der Waals surface area contributed by atoms with Gasteiger partial charge in [0.25, 0.3) is 5.91 Å². The van der Waals surface area contributed by atoms with Crippen LogP contribution in [0.25, 0.3) is 0 Å². The van der Waals surface area contributed by atoms with E-state index < -0.39 is 11.7 Å². The second-order valence-corrected chi connectivity index (χ2v) is 7.18. The van der Waals surface area contributed by atoms with Crippen LogP contribution in [-0.2, 0) is 12.7 Å². The first-order valence-electron chi connectivity index (χ1n) is 9.74. The fourth-order valence-electron chi connectivity index (χ4n) is 3.55. The van der Waals surface area contributed by atoms with Gasteiger partial charge >= 0.3 is 6.18 Å². The Bertz CT molecular complexity index is 883. The number of amides is 1. The van der Waals surface area contributed by atoms with Gasteiger partial charge in [-0.1, -0.05) is 12.1 Å². The summed E-state index contributed by atoms with van der Waals surface area (Å²) < 4.78 is 54.0. The third-order valence-corrected chi connectivity index (χ3v) is 5.26. The number of carbonyl (C=O) groups is 1. The highest BCUT2D eigenvalue weighted by atomic mass is 19.4. The Kier molecular flexibility index (Phi) is 6.94. The van der Waals surface area contributed by atoms with E-state index in [1.165, 1.54) is 33.5 Å². The maximum absolute atomic E-state index is 13.0. The van der Waals surface area contributed by atoms with Gasteiger partial charge in [-0.2, -0.15) is 13.2 Å². The molecule has 1 aliphatic heterocycles. The Morgan fingerprint density at radius 3 is 1.90 bits per heavy atom. The zero-order chi connectivity index (χ0) is 22.6. The topological polar surface area (TPSA) is 51.2 Å². The summed E-state index contributed by atoms with van der Waals surface area (Å²) in [6.07, 6.45) is -4.34. The predicted octanol–water partition coefficient (Wildman–Crippen LogP) is 3.69. The van der Waals surface area contributed by atoms with Gasteiger partial charge < -0.3 is 19.1 Å². The molecule has 1 fully saturated rings. The minimum absolute atomic E-state index is 0.145. The van der Waals surface area contributed by atoms with Crippen LogP contribution in [0.1, 0.15) is 21.5 Å². The van der Waals surface area contributed by atoms with Crippen LogP contribution in [0, 0.1) is 0 Å². The summed E-state index contributed by atoms with van der Waals surface area (Å²) in [7, 11) is 4.48. The monoisotopic (exact) mass is 438 g/mol. The van der Waals surface area contributed by atoms with Gasteiger partial charge in [-0.25, -0.2) is 0 Å². The van der Waals surface area contributed by atoms with Gasteiger partial charge in [0.05, 0.1) is 26.9 Å². The van der Waals surface area contributed by atoms with Crippen molar-refractivity contribution in [1.82, 2.24) is 9.80 Å². The van der Waals surface area contributed by atoms with Gasteiger partial charge in [0, 0.05) is 38.3 Å². The maximum Gasteiger partial charge on any atom is 0.416 e. The number of benzene rings is 2. The largest absolute Gasteiger partial charge is 0.493 e. The summed E-state index contributed by atoms with van der Waals surface area (Å²) in [5.41, 5.74) is 0.583. The molecule has 0 bridgehead atoms. The molecule has 9 heteroatoms. The Morgan fingerprint density at radius 2 is 1.45 bits per heavy atom. The molecule has 0 radical (unpaired) electrons. The number of methoxy groups -OCH3 is 3. The summed E-state index contributed by atoms with van der Waals surface area (Å²) in [4.78, 5) is 16.8. The molecule has 0 unspecified atom stereocenters. The van der Waals surface area contributed by atoms with Crippen molar-refractivity contribution >= 4 is 5.91 Å². The number of hydrogen-bond acceptors (Lipinski definition) is 5. The second kappa shape index (κ2) is 9.47. The molecular weight excluding hydrogens is 413 g/mol. The van der Waals surface area contributed by atoms with Crippen LogP contribution in [-0.4, -0.2) is 63.2 Å². The molecule has 0 saturated carbocycles. The summed E-state index contributed by atoms with van der Waals surface area (Å²) >= 11 is 0. The van der Waals surface area contributed by atoms with Gasteiger partial charge in [-0.15, -0.1) is 0 Å². The lowest BCUT2D eigenvalue weighted by atomic mass is 10.1. The highest BCUT2D eigenvalue weighted by molar-refractivity contribution is 5.95. The zero-order valence-corrected chi connectivity index (χ0v) is 17.7. The second-order valence-electron chi connectivity index (χ2n) is 7.18. The molecule has 1 amide bonds. The minimum Gasteiger partial charge on any atom is -0.493 e. The van der Waals surface area contributed by atoms with Crippen LogP contribution >= 0.6 is 0 Å². The number of alkyl halides is 3. The third kappa shape index (κ3) is 5.22. The van der Waals surface area contributed by atoms with Crippen LogP contribution in [0.4, 0.5) is 13.2 Å². The average molecular weight is 438 g/mol. The summed E-state index contributed by atoms with van der Waals surface area (Å²) in [6.45, 7) is 2.80. The predicted molar refractivity (Wildman–Crippen MR) is 109 cm³/mol. The van der Waals surface area contributed by atoms with Gasteiger partial charge in [0.2, 0.25) is 5.75 Å². The number of ether oxygens (including phenoxy) is 3. The van der Waals surface area contributed by atoms with E-state index in [0.29, 0.717) is 55.5 Å². The molecular formula is C22H25F3N2O4. The standard InChI is InChI=1S/C22H25F3N2O4/c1-29-18-12-16(13-19(30-2)20(18)31-3)21(28)27-10-8-26(9-11-27)14-15-4-6-17(7-5-15)22(23,24)25/h4-7,12-13H,8-11,14H2,1-3H3. The quantitative estimate of drug-likeness (QED) is 0.689. The van der Waals surface area contributed by atoms with E-state index in [2.05, 4.69) is 4.90 Å². The first-order valence-corrected chi connectivity index (χ1v) is 9.74. The Hall–Kier alpha value is -2.94. The Balaban J connectivity index is 1.62. The molecule has 3 rings (SSSR count). The molecule has 0 aliphatic carbocycles. The zero-order valence-electron chi connectivity index (χ0n) is 17.7. The van der Waals surface area contributed by atoms with Crippen molar-refractivity contribution in [3.05, 3.63) is 53.1 Å². The van der Waals surface area contributed by atoms with Crippen LogP contribution < -0.4 is 14.2 Å². The van der Waals surface area contributed by atoms with Crippen molar-refractivity contribution < 1.29 is 32.2 Å². The molecule has 1 heterocycles. The normalized spacial score (nSPS) is 15.0. The van der Waals surface area contributed by atoms with Crippen molar-refractivity contribution in [2.45, 2.75) is 12.7 Å². The Morgan fingerprint density at radius 1 is 0.903 bits per heavy atom. The first-order chi connectivity index (χ1) is 14.8. The number of hydrogen-bond donors (Lipinski definition) is 0. The number of nitrogens with zero attached hydrogens (tertiary/aromatic N) is 2. The summed E-state index contributed by atoms with van der Waals surface area (Å²) in [5, 5.41) is 0. The fraction of sp³-hybridized carbons (Fsp3) is 0.409. The number of carbonyl (C=O) groups excluding carboxylic acids is 1. The van der Waals surface area contributed by atoms with Crippen molar-refractivity contribution in [2.75, 3.05) is 47.5 Å². The van der Waals surface area contributed by atoms with Crippen molar-refractivity contribution in [3.63, 3.8) is 0 Å². The van der Waals surface area contributed by atoms with E-state index in [1.807, 2.05) is 0 Å². The lowest BCUT2D eigenvalue weighted by Gasteiger charge is -2.35. The van der Waals surface area contributed by atoms with Gasteiger partial charge in [0.1, 0.15) is 0 Å². The Labute approximate surface area is 179 Å². The molecule has 0 aromatic heterocycles. The molecule has 1 saturated heterocycles. The molecule has 168 valence electrons. The number of halogens is 3.